The SMILES string of the molecule is I.NC(=NCC1CCSCC1)Nc1ccc2c(c1)OCCCO2. The number of halogens is 1. The number of nitrogens with one attached hydrogen (secondary N) is 1. The van der Waals surface area contributed by atoms with Crippen LogP contribution in [-0.2, 0) is 0 Å². The lowest BCUT2D eigenvalue weighted by Gasteiger charge is -2.19. The predicted octanol–water partition coefficient (Wildman–Crippen LogP) is 3.34. The Kier molecular flexibility index (Phi) is 7.61. The number of nitrogens with zero attached hydrogens (tertiary/aromatic N) is 1. The van der Waals surface area contributed by atoms with E-state index in [0.717, 1.165) is 30.2 Å². The van der Waals surface area contributed by atoms with Crippen molar-refractivity contribution in [1.82, 2.24) is 0 Å². The lowest BCUT2D eigenvalue weighted by atomic mass is 10.0. The molecule has 128 valence electrons. The molecule has 7 heteroatoms. The lowest BCUT2D eigenvalue weighted by molar-refractivity contribution is 0.297. The summed E-state index contributed by atoms with van der Waals surface area (Å²) < 4.78 is 11.3. The molecule has 1 saturated heterocycles. The summed E-state index contributed by atoms with van der Waals surface area (Å²) >= 11 is 2.03. The molecule has 2 aliphatic rings. The van der Waals surface area contributed by atoms with Gasteiger partial charge < -0.3 is 20.5 Å². The molecule has 5 nitrogen and oxygen atoms in total. The molecule has 0 saturated carbocycles. The zero-order valence-corrected chi connectivity index (χ0v) is 16.3. The minimum Gasteiger partial charge on any atom is -0.490 e. The van der Waals surface area contributed by atoms with Gasteiger partial charge >= 0.3 is 0 Å². The van der Waals surface area contributed by atoms with Gasteiger partial charge in [0.05, 0.1) is 13.2 Å². The molecular formula is C16H24IN3O2S. The van der Waals surface area contributed by atoms with Gasteiger partial charge in [-0.15, -0.1) is 24.0 Å². The number of ether oxygens (including phenoxy) is 2. The fraction of sp³-hybridized carbons (Fsp3) is 0.562. The van der Waals surface area contributed by atoms with Gasteiger partial charge in [0, 0.05) is 24.7 Å². The number of guanidine groups is 1. The third-order valence-corrected chi connectivity index (χ3v) is 4.93. The van der Waals surface area contributed by atoms with E-state index in [9.17, 15) is 0 Å². The van der Waals surface area contributed by atoms with Gasteiger partial charge in [0.15, 0.2) is 17.5 Å². The van der Waals surface area contributed by atoms with Crippen molar-refractivity contribution < 1.29 is 9.47 Å². The summed E-state index contributed by atoms with van der Waals surface area (Å²) in [7, 11) is 0. The number of aliphatic imine (C=N–C) groups is 1. The Balaban J connectivity index is 0.00000192. The van der Waals surface area contributed by atoms with Gasteiger partial charge in [-0.05, 0) is 42.4 Å². The van der Waals surface area contributed by atoms with E-state index >= 15 is 0 Å². The molecule has 1 fully saturated rings. The predicted molar refractivity (Wildman–Crippen MR) is 108 cm³/mol. The second-order valence-corrected chi connectivity index (χ2v) is 6.84. The van der Waals surface area contributed by atoms with E-state index in [0.29, 0.717) is 25.1 Å². The van der Waals surface area contributed by atoms with Crippen molar-refractivity contribution >= 4 is 47.4 Å². The number of anilines is 1. The number of thioether (sulfide) groups is 1. The largest absolute Gasteiger partial charge is 0.490 e. The van der Waals surface area contributed by atoms with Crippen molar-refractivity contribution in [2.24, 2.45) is 16.6 Å². The number of fused-ring (bicyclic) bond motifs is 1. The fourth-order valence-corrected chi connectivity index (χ4v) is 3.79. The highest BCUT2D eigenvalue weighted by atomic mass is 127. The van der Waals surface area contributed by atoms with Crippen molar-refractivity contribution in [1.29, 1.82) is 0 Å². The van der Waals surface area contributed by atoms with E-state index < -0.39 is 0 Å². The van der Waals surface area contributed by atoms with Gasteiger partial charge in [-0.25, -0.2) is 0 Å². The summed E-state index contributed by atoms with van der Waals surface area (Å²) in [6, 6.07) is 5.77. The quantitative estimate of drug-likeness (QED) is 0.421. The molecule has 3 rings (SSSR count). The molecule has 0 radical (unpaired) electrons. The Morgan fingerprint density at radius 3 is 2.74 bits per heavy atom. The summed E-state index contributed by atoms with van der Waals surface area (Å²) in [6.45, 7) is 2.19. The first-order valence-corrected chi connectivity index (χ1v) is 9.01. The van der Waals surface area contributed by atoms with Gasteiger partial charge in [0.2, 0.25) is 0 Å². The summed E-state index contributed by atoms with van der Waals surface area (Å²) in [6.07, 6.45) is 3.39. The van der Waals surface area contributed by atoms with Crippen LogP contribution in [0.5, 0.6) is 11.5 Å². The Labute approximate surface area is 158 Å². The molecule has 23 heavy (non-hydrogen) atoms. The standard InChI is InChI=1S/C16H23N3O2S.HI/c17-16(18-11-12-4-8-22-9-5-12)19-13-2-3-14-15(10-13)21-7-1-6-20-14;/h2-3,10,12H,1,4-9,11H2,(H3,17,18,19);1H. The minimum absolute atomic E-state index is 0. The second kappa shape index (κ2) is 9.46. The number of benzene rings is 1. The van der Waals surface area contributed by atoms with Crippen molar-refractivity contribution in [3.8, 4) is 11.5 Å². The third kappa shape index (κ3) is 5.63. The average molecular weight is 449 g/mol. The summed E-state index contributed by atoms with van der Waals surface area (Å²) in [5, 5.41) is 3.14. The molecule has 3 N–H and O–H groups in total. The first kappa shape index (κ1) is 18.5. The normalized spacial score (nSPS) is 18.7. The molecule has 0 bridgehead atoms. The highest BCUT2D eigenvalue weighted by molar-refractivity contribution is 14.0. The molecule has 0 unspecified atom stereocenters. The zero-order chi connectivity index (χ0) is 15.2. The number of hydrogen-bond donors (Lipinski definition) is 2. The molecule has 0 aliphatic carbocycles. The van der Waals surface area contributed by atoms with Crippen LogP contribution in [0, 0.1) is 5.92 Å². The molecule has 1 aromatic carbocycles. The van der Waals surface area contributed by atoms with Crippen molar-refractivity contribution in [3.63, 3.8) is 0 Å². The first-order valence-electron chi connectivity index (χ1n) is 7.85. The van der Waals surface area contributed by atoms with Crippen LogP contribution in [0.2, 0.25) is 0 Å². The van der Waals surface area contributed by atoms with Gasteiger partial charge in [-0.1, -0.05) is 0 Å². The minimum atomic E-state index is 0. The average Bonchev–Trinajstić information content (AvgIpc) is 2.79. The number of hydrogen-bond acceptors (Lipinski definition) is 4. The van der Waals surface area contributed by atoms with E-state index in [-0.39, 0.29) is 24.0 Å². The molecule has 2 heterocycles. The van der Waals surface area contributed by atoms with Crippen LogP contribution < -0.4 is 20.5 Å². The maximum absolute atomic E-state index is 5.99. The highest BCUT2D eigenvalue weighted by Crippen LogP contribution is 2.32. The maximum Gasteiger partial charge on any atom is 0.193 e. The molecule has 0 aromatic heterocycles. The number of rotatable bonds is 3. The second-order valence-electron chi connectivity index (χ2n) is 5.62. The van der Waals surface area contributed by atoms with Crippen LogP contribution in [0.3, 0.4) is 0 Å². The molecule has 1 aromatic rings. The summed E-state index contributed by atoms with van der Waals surface area (Å²) in [5.41, 5.74) is 6.87. The summed E-state index contributed by atoms with van der Waals surface area (Å²) in [5.74, 6) is 5.18. The molecule has 2 aliphatic heterocycles. The maximum atomic E-state index is 5.99. The van der Waals surface area contributed by atoms with Gasteiger partial charge in [-0.3, -0.25) is 4.99 Å². The van der Waals surface area contributed by atoms with E-state index in [4.69, 9.17) is 15.2 Å². The van der Waals surface area contributed by atoms with Crippen LogP contribution >= 0.6 is 35.7 Å². The fourth-order valence-electron chi connectivity index (χ4n) is 2.58. The van der Waals surface area contributed by atoms with E-state index in [1.807, 2.05) is 30.0 Å². The zero-order valence-electron chi connectivity index (χ0n) is 13.1. The molecule has 0 atom stereocenters. The van der Waals surface area contributed by atoms with E-state index in [1.165, 1.54) is 24.3 Å². The van der Waals surface area contributed by atoms with Crippen molar-refractivity contribution in [2.45, 2.75) is 19.3 Å². The smallest absolute Gasteiger partial charge is 0.193 e. The Morgan fingerprint density at radius 2 is 1.96 bits per heavy atom. The van der Waals surface area contributed by atoms with Crippen molar-refractivity contribution in [2.75, 3.05) is 36.6 Å². The van der Waals surface area contributed by atoms with Gasteiger partial charge in [0.1, 0.15) is 0 Å². The monoisotopic (exact) mass is 449 g/mol. The lowest BCUT2D eigenvalue weighted by Crippen LogP contribution is -2.24. The Hall–Kier alpha value is -0.830. The third-order valence-electron chi connectivity index (χ3n) is 3.88. The molecule has 0 amide bonds. The van der Waals surface area contributed by atoms with Crippen LogP contribution in [0.1, 0.15) is 19.3 Å². The highest BCUT2D eigenvalue weighted by Gasteiger charge is 2.13. The van der Waals surface area contributed by atoms with Crippen molar-refractivity contribution in [3.05, 3.63) is 18.2 Å². The Bertz CT molecular complexity index is 536. The van der Waals surface area contributed by atoms with Crippen LogP contribution in [0.25, 0.3) is 0 Å². The summed E-state index contributed by atoms with van der Waals surface area (Å²) in [4.78, 5) is 4.48. The van der Waals surface area contributed by atoms with Crippen LogP contribution in [-0.4, -0.2) is 37.2 Å². The number of nitrogens with two attached hydrogens (primary N) is 1. The van der Waals surface area contributed by atoms with Gasteiger partial charge in [-0.2, -0.15) is 11.8 Å². The van der Waals surface area contributed by atoms with Gasteiger partial charge in [0.25, 0.3) is 0 Å². The van der Waals surface area contributed by atoms with E-state index in [1.54, 1.807) is 0 Å². The van der Waals surface area contributed by atoms with E-state index in [2.05, 4.69) is 10.3 Å². The van der Waals surface area contributed by atoms with Crippen LogP contribution in [0.15, 0.2) is 23.2 Å². The topological polar surface area (TPSA) is 68.9 Å². The molecule has 0 spiro atoms. The van der Waals surface area contributed by atoms with Crippen LogP contribution in [0.4, 0.5) is 5.69 Å². The Morgan fingerprint density at radius 1 is 1.22 bits per heavy atom. The first-order chi connectivity index (χ1) is 10.8. The molecular weight excluding hydrogens is 425 g/mol.